The first-order valence-corrected chi connectivity index (χ1v) is 4.17. The van der Waals surface area contributed by atoms with E-state index in [1.165, 1.54) is 0 Å². The Morgan fingerprint density at radius 1 is 1.67 bits per heavy atom. The number of β-amino-alcohol motifs (C(OH)–C–C–N with tert-alkyl or cyclic N) is 1. The number of rotatable bonds is 1. The minimum Gasteiger partial charge on any atom is -0.391 e. The molecule has 0 amide bonds. The van der Waals surface area contributed by atoms with Crippen molar-refractivity contribution < 1.29 is 5.11 Å². The zero-order valence-electron chi connectivity index (χ0n) is 7.14. The Bertz CT molecular complexity index is 271. The van der Waals surface area contributed by atoms with Gasteiger partial charge in [-0.3, -0.25) is 0 Å². The average Bonchev–Trinajstić information content (AvgIpc) is 2.58. The van der Waals surface area contributed by atoms with E-state index in [9.17, 15) is 5.11 Å². The standard InChI is InChI=1S/C8H13N3O/c1-10-5-3-9-8(10)11-4-2-7(12)6-11/h3,5,7,12H,2,4,6H2,1H3. The molecule has 0 bridgehead atoms. The number of hydrogen-bond acceptors (Lipinski definition) is 3. The lowest BCUT2D eigenvalue weighted by molar-refractivity contribution is 0.198. The van der Waals surface area contributed by atoms with Gasteiger partial charge in [0.2, 0.25) is 5.95 Å². The highest BCUT2D eigenvalue weighted by Gasteiger charge is 2.22. The quantitative estimate of drug-likeness (QED) is 0.639. The molecule has 2 rings (SSSR count). The molecule has 1 unspecified atom stereocenters. The second-order valence-electron chi connectivity index (χ2n) is 3.23. The molecule has 2 heterocycles. The van der Waals surface area contributed by atoms with Gasteiger partial charge in [-0.15, -0.1) is 0 Å². The van der Waals surface area contributed by atoms with Crippen molar-refractivity contribution in [2.75, 3.05) is 18.0 Å². The second kappa shape index (κ2) is 2.79. The van der Waals surface area contributed by atoms with E-state index in [4.69, 9.17) is 0 Å². The Labute approximate surface area is 71.4 Å². The van der Waals surface area contributed by atoms with Crippen LogP contribution in [0.4, 0.5) is 5.95 Å². The minimum absolute atomic E-state index is 0.179. The number of nitrogens with zero attached hydrogens (tertiary/aromatic N) is 3. The van der Waals surface area contributed by atoms with Crippen LogP contribution in [-0.2, 0) is 7.05 Å². The molecule has 1 N–H and O–H groups in total. The van der Waals surface area contributed by atoms with Gasteiger partial charge in [-0.25, -0.2) is 4.98 Å². The van der Waals surface area contributed by atoms with E-state index in [1.54, 1.807) is 6.20 Å². The van der Waals surface area contributed by atoms with Gasteiger partial charge in [0.25, 0.3) is 0 Å². The van der Waals surface area contributed by atoms with Crippen molar-refractivity contribution >= 4 is 5.95 Å². The molecule has 1 aromatic rings. The molecule has 4 nitrogen and oxygen atoms in total. The number of aromatic nitrogens is 2. The topological polar surface area (TPSA) is 41.3 Å². The van der Waals surface area contributed by atoms with Gasteiger partial charge >= 0.3 is 0 Å². The van der Waals surface area contributed by atoms with Crippen LogP contribution < -0.4 is 4.90 Å². The second-order valence-corrected chi connectivity index (χ2v) is 3.23. The van der Waals surface area contributed by atoms with Crippen LogP contribution in [0.15, 0.2) is 12.4 Å². The average molecular weight is 167 g/mol. The smallest absolute Gasteiger partial charge is 0.205 e. The molecular weight excluding hydrogens is 154 g/mol. The van der Waals surface area contributed by atoms with Crippen LogP contribution in [0.25, 0.3) is 0 Å². The Balaban J connectivity index is 2.16. The van der Waals surface area contributed by atoms with Gasteiger partial charge in [0.15, 0.2) is 0 Å². The Morgan fingerprint density at radius 2 is 2.50 bits per heavy atom. The summed E-state index contributed by atoms with van der Waals surface area (Å²) >= 11 is 0. The molecule has 1 aliphatic rings. The molecule has 1 atom stereocenters. The van der Waals surface area contributed by atoms with Crippen molar-refractivity contribution in [1.29, 1.82) is 0 Å². The summed E-state index contributed by atoms with van der Waals surface area (Å²) in [6, 6.07) is 0. The Hall–Kier alpha value is -1.03. The Kier molecular flexibility index (Phi) is 1.77. The van der Waals surface area contributed by atoms with Gasteiger partial charge < -0.3 is 14.6 Å². The van der Waals surface area contributed by atoms with Crippen molar-refractivity contribution in [2.45, 2.75) is 12.5 Å². The maximum absolute atomic E-state index is 9.31. The monoisotopic (exact) mass is 167 g/mol. The summed E-state index contributed by atoms with van der Waals surface area (Å²) < 4.78 is 1.97. The first-order chi connectivity index (χ1) is 5.77. The summed E-state index contributed by atoms with van der Waals surface area (Å²) in [5.74, 6) is 0.951. The van der Waals surface area contributed by atoms with E-state index in [1.807, 2.05) is 17.8 Å². The molecule has 0 aliphatic carbocycles. The van der Waals surface area contributed by atoms with Crippen molar-refractivity contribution in [1.82, 2.24) is 9.55 Å². The fourth-order valence-electron chi connectivity index (χ4n) is 1.59. The zero-order valence-corrected chi connectivity index (χ0v) is 7.14. The highest BCUT2D eigenvalue weighted by Crippen LogP contribution is 2.16. The van der Waals surface area contributed by atoms with E-state index >= 15 is 0 Å². The zero-order chi connectivity index (χ0) is 8.55. The van der Waals surface area contributed by atoms with Crippen LogP contribution in [0.2, 0.25) is 0 Å². The van der Waals surface area contributed by atoms with E-state index < -0.39 is 0 Å². The van der Waals surface area contributed by atoms with E-state index in [0.717, 1.165) is 18.9 Å². The third-order valence-corrected chi connectivity index (χ3v) is 2.24. The summed E-state index contributed by atoms with van der Waals surface area (Å²) in [5.41, 5.74) is 0. The largest absolute Gasteiger partial charge is 0.391 e. The first-order valence-electron chi connectivity index (χ1n) is 4.17. The van der Waals surface area contributed by atoms with Crippen molar-refractivity contribution in [3.05, 3.63) is 12.4 Å². The fraction of sp³-hybridized carbons (Fsp3) is 0.625. The fourth-order valence-corrected chi connectivity index (χ4v) is 1.59. The molecule has 12 heavy (non-hydrogen) atoms. The van der Waals surface area contributed by atoms with Gasteiger partial charge in [0, 0.05) is 32.5 Å². The van der Waals surface area contributed by atoms with E-state index in [-0.39, 0.29) is 6.10 Å². The number of imidazole rings is 1. The molecule has 0 radical (unpaired) electrons. The molecule has 0 spiro atoms. The third kappa shape index (κ3) is 1.18. The highest BCUT2D eigenvalue weighted by atomic mass is 16.3. The number of anilines is 1. The predicted molar refractivity (Wildman–Crippen MR) is 46.0 cm³/mol. The summed E-state index contributed by atoms with van der Waals surface area (Å²) in [6.07, 6.45) is 4.37. The van der Waals surface area contributed by atoms with Gasteiger partial charge in [-0.05, 0) is 6.42 Å². The SMILES string of the molecule is Cn1ccnc1N1CCC(O)C1. The number of aliphatic hydroxyl groups is 1. The van der Waals surface area contributed by atoms with Gasteiger partial charge in [-0.1, -0.05) is 0 Å². The molecular formula is C8H13N3O. The molecule has 0 saturated carbocycles. The first kappa shape index (κ1) is 7.61. The summed E-state index contributed by atoms with van der Waals surface area (Å²) in [4.78, 5) is 6.31. The predicted octanol–water partition coefficient (Wildman–Crippen LogP) is -0.00890. The lowest BCUT2D eigenvalue weighted by atomic mass is 10.3. The maximum atomic E-state index is 9.31. The van der Waals surface area contributed by atoms with Crippen LogP contribution in [0.3, 0.4) is 0 Å². The highest BCUT2D eigenvalue weighted by molar-refractivity contribution is 5.32. The molecule has 4 heteroatoms. The van der Waals surface area contributed by atoms with Crippen LogP contribution >= 0.6 is 0 Å². The molecule has 66 valence electrons. The summed E-state index contributed by atoms with van der Waals surface area (Å²) in [7, 11) is 1.97. The molecule has 1 aliphatic heterocycles. The van der Waals surface area contributed by atoms with Crippen molar-refractivity contribution in [3.8, 4) is 0 Å². The number of aryl methyl sites for hydroxylation is 1. The van der Waals surface area contributed by atoms with Crippen LogP contribution in [0, 0.1) is 0 Å². The number of hydrogen-bond donors (Lipinski definition) is 1. The lowest BCUT2D eigenvalue weighted by Crippen LogP contribution is -2.23. The van der Waals surface area contributed by atoms with Gasteiger partial charge in [-0.2, -0.15) is 0 Å². The van der Waals surface area contributed by atoms with Crippen LogP contribution in [0.5, 0.6) is 0 Å². The van der Waals surface area contributed by atoms with Crippen molar-refractivity contribution in [2.24, 2.45) is 7.05 Å². The van der Waals surface area contributed by atoms with Gasteiger partial charge in [0.05, 0.1) is 6.10 Å². The number of aliphatic hydroxyl groups excluding tert-OH is 1. The molecule has 1 aromatic heterocycles. The maximum Gasteiger partial charge on any atom is 0.205 e. The van der Waals surface area contributed by atoms with Crippen molar-refractivity contribution in [3.63, 3.8) is 0 Å². The van der Waals surface area contributed by atoms with E-state index in [2.05, 4.69) is 9.88 Å². The normalized spacial score (nSPS) is 23.5. The molecule has 1 saturated heterocycles. The molecule has 0 aromatic carbocycles. The third-order valence-electron chi connectivity index (χ3n) is 2.24. The minimum atomic E-state index is -0.179. The Morgan fingerprint density at radius 3 is 3.00 bits per heavy atom. The van der Waals surface area contributed by atoms with Crippen LogP contribution in [0.1, 0.15) is 6.42 Å². The van der Waals surface area contributed by atoms with Gasteiger partial charge in [0.1, 0.15) is 0 Å². The summed E-state index contributed by atoms with van der Waals surface area (Å²) in [6.45, 7) is 1.62. The van der Waals surface area contributed by atoms with E-state index in [0.29, 0.717) is 6.54 Å². The van der Waals surface area contributed by atoms with Crippen LogP contribution in [-0.4, -0.2) is 33.9 Å². The summed E-state index contributed by atoms with van der Waals surface area (Å²) in [5, 5.41) is 9.31. The lowest BCUT2D eigenvalue weighted by Gasteiger charge is -2.15. The molecule has 1 fully saturated rings.